The highest BCUT2D eigenvalue weighted by Crippen LogP contribution is 2.21. The zero-order valence-corrected chi connectivity index (χ0v) is 16.9. The molecule has 1 aliphatic heterocycles. The predicted octanol–water partition coefficient (Wildman–Crippen LogP) is 1.72. The molecule has 0 saturated carbocycles. The molecule has 1 aromatic heterocycles. The van der Waals surface area contributed by atoms with Gasteiger partial charge in [-0.3, -0.25) is 9.59 Å². The van der Waals surface area contributed by atoms with E-state index in [-0.39, 0.29) is 43.0 Å². The van der Waals surface area contributed by atoms with Crippen molar-refractivity contribution in [2.24, 2.45) is 0 Å². The van der Waals surface area contributed by atoms with Gasteiger partial charge >= 0.3 is 0 Å². The Kier molecular flexibility index (Phi) is 5.92. The van der Waals surface area contributed by atoms with Crippen molar-refractivity contribution in [2.75, 3.05) is 31.5 Å². The molecule has 0 atom stereocenters. The number of hydrogen-bond donors (Lipinski definition) is 1. The molecule has 0 radical (unpaired) electrons. The molecule has 1 fully saturated rings. The van der Waals surface area contributed by atoms with Gasteiger partial charge in [-0.1, -0.05) is 12.6 Å². The van der Waals surface area contributed by atoms with Gasteiger partial charge < -0.3 is 10.2 Å². The Hall–Kier alpha value is -2.56. The number of hydrogen-bond acceptors (Lipinski definition) is 6. The van der Waals surface area contributed by atoms with Crippen molar-refractivity contribution in [3.8, 4) is 0 Å². The lowest BCUT2D eigenvalue weighted by atomic mass is 10.1. The Morgan fingerprint density at radius 3 is 2.57 bits per heavy atom. The van der Waals surface area contributed by atoms with Crippen LogP contribution in [0.4, 0.5) is 5.69 Å². The lowest BCUT2D eigenvalue weighted by Gasteiger charge is -2.33. The molecular weight excluding hydrogens is 400 g/mol. The summed E-state index contributed by atoms with van der Waals surface area (Å²) in [4.78, 5) is 29.8. The number of nitrogens with one attached hydrogen (secondary N) is 1. The second-order valence-electron chi connectivity index (χ2n) is 6.18. The smallest absolute Gasteiger partial charge is 0.261 e. The molecule has 3 rings (SSSR count). The Balaban J connectivity index is 1.66. The highest BCUT2D eigenvalue weighted by atomic mass is 32.2. The number of sulfonamides is 1. The topological polar surface area (TPSA) is 99.7 Å². The van der Waals surface area contributed by atoms with E-state index >= 15 is 0 Å². The summed E-state index contributed by atoms with van der Waals surface area (Å²) in [5.74, 6) is -0.572. The number of aromatic nitrogens is 1. The lowest BCUT2D eigenvalue weighted by Crippen LogP contribution is -2.50. The van der Waals surface area contributed by atoms with Gasteiger partial charge in [0.2, 0.25) is 5.91 Å². The highest BCUT2D eigenvalue weighted by Gasteiger charge is 2.31. The minimum absolute atomic E-state index is 0.0560. The normalized spacial score (nSPS) is 15.2. The summed E-state index contributed by atoms with van der Waals surface area (Å²) in [6, 6.07) is 6.60. The number of rotatable bonds is 5. The fraction of sp³-hybridized carbons (Fsp3) is 0.278. The second-order valence-corrected chi connectivity index (χ2v) is 9.12. The molecule has 0 spiro atoms. The maximum atomic E-state index is 12.8. The van der Waals surface area contributed by atoms with E-state index in [2.05, 4.69) is 16.9 Å². The van der Waals surface area contributed by atoms with Crippen LogP contribution in [0.25, 0.3) is 0 Å². The number of piperazine rings is 1. The molecule has 0 unspecified atom stereocenters. The van der Waals surface area contributed by atoms with Gasteiger partial charge in [-0.2, -0.15) is 4.31 Å². The second kappa shape index (κ2) is 8.21. The van der Waals surface area contributed by atoms with Crippen LogP contribution in [0.15, 0.2) is 47.3 Å². The first-order valence-corrected chi connectivity index (χ1v) is 10.9. The summed E-state index contributed by atoms with van der Waals surface area (Å²) in [6.07, 6.45) is 1.15. The Morgan fingerprint density at radius 1 is 1.25 bits per heavy atom. The van der Waals surface area contributed by atoms with Crippen molar-refractivity contribution in [3.63, 3.8) is 0 Å². The average molecular weight is 421 g/mol. The lowest BCUT2D eigenvalue weighted by molar-refractivity contribution is -0.111. The van der Waals surface area contributed by atoms with Crippen molar-refractivity contribution in [3.05, 3.63) is 52.9 Å². The quantitative estimate of drug-likeness (QED) is 0.743. The molecular formula is C18H20N4O4S2. The minimum Gasteiger partial charge on any atom is -0.336 e. The molecule has 2 heterocycles. The fourth-order valence-corrected chi connectivity index (χ4v) is 5.16. The van der Waals surface area contributed by atoms with Crippen LogP contribution in [0.3, 0.4) is 0 Å². The number of nitrogens with zero attached hydrogens (tertiary/aromatic N) is 3. The molecule has 0 bridgehead atoms. The zero-order valence-electron chi connectivity index (χ0n) is 15.3. The number of carbonyl (C=O) groups excluding carboxylic acids is 2. The van der Waals surface area contributed by atoms with Crippen molar-refractivity contribution < 1.29 is 18.0 Å². The van der Waals surface area contributed by atoms with Crippen LogP contribution in [0.5, 0.6) is 0 Å². The van der Waals surface area contributed by atoms with Crippen LogP contribution in [0.1, 0.15) is 15.4 Å². The molecule has 10 heteroatoms. The van der Waals surface area contributed by atoms with Crippen molar-refractivity contribution in [1.29, 1.82) is 0 Å². The maximum Gasteiger partial charge on any atom is 0.261 e. The molecule has 2 aromatic rings. The van der Waals surface area contributed by atoms with Crippen molar-refractivity contribution in [2.45, 2.75) is 11.9 Å². The van der Waals surface area contributed by atoms with Gasteiger partial charge in [0.05, 0.1) is 5.01 Å². The standard InChI is InChI=1S/C18H20N4O4S2/c1-3-16(23)20-15-6-4-5-14(11-15)18(24)21-7-9-22(10-8-21)28(25,26)17-12-27-13(2)19-17/h3-6,11-12H,1,7-10H2,2H3,(H,20,23). The number of anilines is 1. The summed E-state index contributed by atoms with van der Waals surface area (Å²) < 4.78 is 26.6. The van der Waals surface area contributed by atoms with E-state index in [0.29, 0.717) is 16.3 Å². The van der Waals surface area contributed by atoms with Crippen molar-refractivity contribution in [1.82, 2.24) is 14.2 Å². The van der Waals surface area contributed by atoms with Crippen LogP contribution in [0.2, 0.25) is 0 Å². The van der Waals surface area contributed by atoms with E-state index < -0.39 is 10.0 Å². The number of carbonyl (C=O) groups is 2. The fourth-order valence-electron chi connectivity index (χ4n) is 2.83. The largest absolute Gasteiger partial charge is 0.336 e. The molecule has 8 nitrogen and oxygen atoms in total. The first-order valence-electron chi connectivity index (χ1n) is 8.56. The molecule has 1 aliphatic rings. The third-order valence-electron chi connectivity index (χ3n) is 4.29. The molecule has 1 aromatic carbocycles. The van der Waals surface area contributed by atoms with E-state index in [4.69, 9.17) is 0 Å². The maximum absolute atomic E-state index is 12.8. The monoisotopic (exact) mass is 420 g/mol. The number of amides is 2. The molecule has 2 amide bonds. The van der Waals surface area contributed by atoms with E-state index in [1.165, 1.54) is 21.0 Å². The van der Waals surface area contributed by atoms with E-state index in [1.54, 1.807) is 36.1 Å². The van der Waals surface area contributed by atoms with Gasteiger partial charge in [0.25, 0.3) is 15.9 Å². The number of benzene rings is 1. The van der Waals surface area contributed by atoms with Crippen LogP contribution >= 0.6 is 11.3 Å². The van der Waals surface area contributed by atoms with Gasteiger partial charge in [-0.05, 0) is 31.2 Å². The van der Waals surface area contributed by atoms with Crippen LogP contribution in [-0.2, 0) is 14.8 Å². The van der Waals surface area contributed by atoms with Gasteiger partial charge in [0.15, 0.2) is 5.03 Å². The van der Waals surface area contributed by atoms with E-state index in [9.17, 15) is 18.0 Å². The number of thiazole rings is 1. The molecule has 0 aliphatic carbocycles. The SMILES string of the molecule is C=CC(=O)Nc1cccc(C(=O)N2CCN(S(=O)(=O)c3csc(C)n3)CC2)c1. The Labute approximate surface area is 167 Å². The highest BCUT2D eigenvalue weighted by molar-refractivity contribution is 7.89. The summed E-state index contributed by atoms with van der Waals surface area (Å²) in [7, 11) is -3.64. The van der Waals surface area contributed by atoms with Crippen molar-refractivity contribution >= 4 is 38.9 Å². The summed E-state index contributed by atoms with van der Waals surface area (Å²) in [5, 5.41) is 4.90. The molecule has 1 saturated heterocycles. The Morgan fingerprint density at radius 2 is 1.96 bits per heavy atom. The first kappa shape index (κ1) is 20.2. The summed E-state index contributed by atoms with van der Waals surface area (Å²) in [6.45, 7) is 6.13. The zero-order chi connectivity index (χ0) is 20.3. The third-order valence-corrected chi connectivity index (χ3v) is 7.00. The van der Waals surface area contributed by atoms with E-state index in [0.717, 1.165) is 6.08 Å². The Bertz CT molecular complexity index is 1010. The molecule has 148 valence electrons. The average Bonchev–Trinajstić information content (AvgIpc) is 3.15. The van der Waals surface area contributed by atoms with Gasteiger partial charge in [-0.15, -0.1) is 11.3 Å². The van der Waals surface area contributed by atoms with Gasteiger partial charge in [-0.25, -0.2) is 13.4 Å². The van der Waals surface area contributed by atoms with Crippen LogP contribution in [0, 0.1) is 6.92 Å². The van der Waals surface area contributed by atoms with Gasteiger partial charge in [0.1, 0.15) is 0 Å². The predicted molar refractivity (Wildman–Crippen MR) is 107 cm³/mol. The van der Waals surface area contributed by atoms with Crippen LogP contribution in [-0.4, -0.2) is 60.6 Å². The summed E-state index contributed by atoms with van der Waals surface area (Å²) in [5.41, 5.74) is 0.921. The first-order chi connectivity index (χ1) is 13.3. The summed E-state index contributed by atoms with van der Waals surface area (Å²) >= 11 is 1.29. The minimum atomic E-state index is -3.64. The van der Waals surface area contributed by atoms with Crippen LogP contribution < -0.4 is 5.32 Å². The van der Waals surface area contributed by atoms with E-state index in [1.807, 2.05) is 0 Å². The van der Waals surface area contributed by atoms with Gasteiger partial charge in [0, 0.05) is 42.8 Å². The molecule has 1 N–H and O–H groups in total. The third kappa shape index (κ3) is 4.29. The number of aryl methyl sites for hydroxylation is 1. The molecule has 28 heavy (non-hydrogen) atoms.